The molecule has 1 heterocycles. The standard InChI is InChI=1S/C13H24N4/c1-5-6-11-16-12(14)10(4)13(17-11)15-8-7-9(2)3/h9H,5-8H2,1-4H3,(H3,14,15,16,17). The van der Waals surface area contributed by atoms with Crippen LogP contribution in [0.4, 0.5) is 11.6 Å². The highest BCUT2D eigenvalue weighted by Crippen LogP contribution is 2.18. The Morgan fingerprint density at radius 2 is 2.00 bits per heavy atom. The molecule has 0 fully saturated rings. The summed E-state index contributed by atoms with van der Waals surface area (Å²) in [7, 11) is 0. The molecule has 17 heavy (non-hydrogen) atoms. The number of aryl methyl sites for hydroxylation is 1. The summed E-state index contributed by atoms with van der Waals surface area (Å²) in [5.74, 6) is 3.01. The van der Waals surface area contributed by atoms with Gasteiger partial charge in [-0.25, -0.2) is 9.97 Å². The van der Waals surface area contributed by atoms with Crippen molar-refractivity contribution in [2.45, 2.75) is 47.0 Å². The predicted molar refractivity (Wildman–Crippen MR) is 73.1 cm³/mol. The lowest BCUT2D eigenvalue weighted by Gasteiger charge is -2.12. The highest BCUT2D eigenvalue weighted by molar-refractivity contribution is 5.54. The van der Waals surface area contributed by atoms with Crippen molar-refractivity contribution in [1.82, 2.24) is 9.97 Å². The number of nitrogens with one attached hydrogen (secondary N) is 1. The van der Waals surface area contributed by atoms with E-state index >= 15 is 0 Å². The molecule has 0 atom stereocenters. The van der Waals surface area contributed by atoms with Gasteiger partial charge in [0.1, 0.15) is 17.5 Å². The summed E-state index contributed by atoms with van der Waals surface area (Å²) >= 11 is 0. The Morgan fingerprint density at radius 3 is 2.59 bits per heavy atom. The summed E-state index contributed by atoms with van der Waals surface area (Å²) in [4.78, 5) is 8.81. The minimum atomic E-state index is 0.593. The summed E-state index contributed by atoms with van der Waals surface area (Å²) in [5.41, 5.74) is 6.84. The molecule has 0 aromatic carbocycles. The number of nitrogens with two attached hydrogens (primary N) is 1. The molecule has 1 aromatic rings. The number of nitrogen functional groups attached to an aromatic ring is 1. The Morgan fingerprint density at radius 1 is 1.29 bits per heavy atom. The van der Waals surface area contributed by atoms with Crippen LogP contribution in [0.3, 0.4) is 0 Å². The van der Waals surface area contributed by atoms with Gasteiger partial charge in [-0.3, -0.25) is 0 Å². The molecule has 0 aliphatic rings. The van der Waals surface area contributed by atoms with Crippen LogP contribution in [-0.4, -0.2) is 16.5 Å². The fourth-order valence-corrected chi connectivity index (χ4v) is 1.57. The largest absolute Gasteiger partial charge is 0.383 e. The van der Waals surface area contributed by atoms with E-state index in [1.807, 2.05) is 6.92 Å². The van der Waals surface area contributed by atoms with Gasteiger partial charge in [0.15, 0.2) is 0 Å². The Labute approximate surface area is 104 Å². The van der Waals surface area contributed by atoms with E-state index in [1.165, 1.54) is 0 Å². The third kappa shape index (κ3) is 4.21. The smallest absolute Gasteiger partial charge is 0.134 e. The van der Waals surface area contributed by atoms with Gasteiger partial charge in [-0.15, -0.1) is 0 Å². The van der Waals surface area contributed by atoms with Crippen molar-refractivity contribution < 1.29 is 0 Å². The van der Waals surface area contributed by atoms with E-state index in [0.717, 1.165) is 43.0 Å². The Bertz CT molecular complexity index is 361. The first-order chi connectivity index (χ1) is 8.04. The molecular weight excluding hydrogens is 212 g/mol. The van der Waals surface area contributed by atoms with E-state index in [1.54, 1.807) is 0 Å². The maximum Gasteiger partial charge on any atom is 0.134 e. The van der Waals surface area contributed by atoms with Gasteiger partial charge in [-0.05, 0) is 25.7 Å². The number of hydrogen-bond donors (Lipinski definition) is 2. The first-order valence-electron chi connectivity index (χ1n) is 6.41. The molecule has 4 heteroatoms. The van der Waals surface area contributed by atoms with Gasteiger partial charge < -0.3 is 11.1 Å². The zero-order valence-corrected chi connectivity index (χ0v) is 11.4. The molecule has 0 saturated carbocycles. The second-order valence-corrected chi connectivity index (χ2v) is 4.86. The first kappa shape index (κ1) is 13.7. The molecule has 0 spiro atoms. The molecule has 0 unspecified atom stereocenters. The fourth-order valence-electron chi connectivity index (χ4n) is 1.57. The van der Waals surface area contributed by atoms with Gasteiger partial charge in [0, 0.05) is 18.5 Å². The molecule has 3 N–H and O–H groups in total. The van der Waals surface area contributed by atoms with Crippen molar-refractivity contribution in [2.24, 2.45) is 5.92 Å². The number of anilines is 2. The predicted octanol–water partition coefficient (Wildman–Crippen LogP) is 2.78. The SMILES string of the molecule is CCCc1nc(N)c(C)c(NCCC(C)C)n1. The molecular formula is C13H24N4. The fraction of sp³-hybridized carbons (Fsp3) is 0.692. The minimum absolute atomic E-state index is 0.593. The van der Waals surface area contributed by atoms with Crippen LogP contribution < -0.4 is 11.1 Å². The van der Waals surface area contributed by atoms with Crippen molar-refractivity contribution in [3.8, 4) is 0 Å². The lowest BCUT2D eigenvalue weighted by molar-refractivity contribution is 0.606. The van der Waals surface area contributed by atoms with E-state index in [2.05, 4.69) is 36.1 Å². The van der Waals surface area contributed by atoms with E-state index in [-0.39, 0.29) is 0 Å². The maximum atomic E-state index is 5.89. The summed E-state index contributed by atoms with van der Waals surface area (Å²) in [6.45, 7) is 9.44. The molecule has 0 aliphatic heterocycles. The second-order valence-electron chi connectivity index (χ2n) is 4.86. The van der Waals surface area contributed by atoms with Gasteiger partial charge in [-0.2, -0.15) is 0 Å². The summed E-state index contributed by atoms with van der Waals surface area (Å²) < 4.78 is 0. The molecule has 1 rings (SSSR count). The molecule has 0 aliphatic carbocycles. The van der Waals surface area contributed by atoms with Crippen molar-refractivity contribution in [3.05, 3.63) is 11.4 Å². The van der Waals surface area contributed by atoms with Crippen LogP contribution >= 0.6 is 0 Å². The van der Waals surface area contributed by atoms with Crippen LogP contribution in [-0.2, 0) is 6.42 Å². The van der Waals surface area contributed by atoms with Crippen LogP contribution in [0.1, 0.15) is 45.0 Å². The molecule has 4 nitrogen and oxygen atoms in total. The highest BCUT2D eigenvalue weighted by atomic mass is 15.1. The van der Waals surface area contributed by atoms with Gasteiger partial charge in [0.05, 0.1) is 0 Å². The number of rotatable bonds is 6. The first-order valence-corrected chi connectivity index (χ1v) is 6.41. The van der Waals surface area contributed by atoms with Gasteiger partial charge in [0.25, 0.3) is 0 Å². The molecule has 0 radical (unpaired) electrons. The molecule has 0 saturated heterocycles. The van der Waals surface area contributed by atoms with Crippen LogP contribution in [0, 0.1) is 12.8 Å². The Balaban J connectivity index is 2.75. The van der Waals surface area contributed by atoms with Crippen molar-refractivity contribution >= 4 is 11.6 Å². The lowest BCUT2D eigenvalue weighted by atomic mass is 10.1. The summed E-state index contributed by atoms with van der Waals surface area (Å²) in [6, 6.07) is 0. The topological polar surface area (TPSA) is 63.8 Å². The average molecular weight is 236 g/mol. The molecule has 1 aromatic heterocycles. The van der Waals surface area contributed by atoms with Crippen molar-refractivity contribution in [2.75, 3.05) is 17.6 Å². The average Bonchev–Trinajstić information content (AvgIpc) is 2.24. The third-order valence-corrected chi connectivity index (χ3v) is 2.72. The van der Waals surface area contributed by atoms with E-state index in [4.69, 9.17) is 5.73 Å². The van der Waals surface area contributed by atoms with E-state index in [9.17, 15) is 0 Å². The summed E-state index contributed by atoms with van der Waals surface area (Å²) in [5, 5.41) is 3.35. The summed E-state index contributed by atoms with van der Waals surface area (Å²) in [6.07, 6.45) is 3.05. The van der Waals surface area contributed by atoms with E-state index in [0.29, 0.717) is 11.7 Å². The molecule has 96 valence electrons. The quantitative estimate of drug-likeness (QED) is 0.797. The normalized spacial score (nSPS) is 10.9. The maximum absolute atomic E-state index is 5.89. The number of hydrogen-bond acceptors (Lipinski definition) is 4. The van der Waals surface area contributed by atoms with Crippen molar-refractivity contribution in [3.63, 3.8) is 0 Å². The Hall–Kier alpha value is -1.32. The van der Waals surface area contributed by atoms with E-state index < -0.39 is 0 Å². The lowest BCUT2D eigenvalue weighted by Crippen LogP contribution is -2.11. The van der Waals surface area contributed by atoms with Crippen LogP contribution in [0.25, 0.3) is 0 Å². The zero-order valence-electron chi connectivity index (χ0n) is 11.4. The molecule has 0 bridgehead atoms. The zero-order chi connectivity index (χ0) is 12.8. The Kier molecular flexibility index (Phi) is 5.19. The number of aromatic nitrogens is 2. The van der Waals surface area contributed by atoms with Gasteiger partial charge in [0.2, 0.25) is 0 Å². The third-order valence-electron chi connectivity index (χ3n) is 2.72. The van der Waals surface area contributed by atoms with Crippen LogP contribution in [0.15, 0.2) is 0 Å². The highest BCUT2D eigenvalue weighted by Gasteiger charge is 2.07. The van der Waals surface area contributed by atoms with Crippen LogP contribution in [0.2, 0.25) is 0 Å². The van der Waals surface area contributed by atoms with Gasteiger partial charge in [-0.1, -0.05) is 20.8 Å². The van der Waals surface area contributed by atoms with Gasteiger partial charge >= 0.3 is 0 Å². The monoisotopic (exact) mass is 236 g/mol. The van der Waals surface area contributed by atoms with Crippen LogP contribution in [0.5, 0.6) is 0 Å². The minimum Gasteiger partial charge on any atom is -0.383 e. The molecule has 0 amide bonds. The van der Waals surface area contributed by atoms with Crippen molar-refractivity contribution in [1.29, 1.82) is 0 Å². The second kappa shape index (κ2) is 6.42. The number of nitrogens with zero attached hydrogens (tertiary/aromatic N) is 2.